The van der Waals surface area contributed by atoms with Crippen LogP contribution in [0.25, 0.3) is 0 Å². The maximum absolute atomic E-state index is 11.1. The molecular weight excluding hydrogens is 180 g/mol. The van der Waals surface area contributed by atoms with E-state index in [-0.39, 0.29) is 12.8 Å². The molecule has 1 heterocycles. The van der Waals surface area contributed by atoms with Gasteiger partial charge in [-0.25, -0.2) is 4.79 Å². The number of carbonyl (C=O) groups is 1. The van der Waals surface area contributed by atoms with Crippen LogP contribution in [0.1, 0.15) is 10.4 Å². The van der Waals surface area contributed by atoms with Crippen LogP contribution in [0.15, 0.2) is 18.2 Å². The molecule has 0 atom stereocenters. The zero-order valence-electron chi connectivity index (χ0n) is 6.04. The third-order valence-corrected chi connectivity index (χ3v) is 1.80. The monoisotopic (exact) mass is 184 g/mol. The van der Waals surface area contributed by atoms with Crippen LogP contribution in [-0.2, 0) is 4.74 Å². The Morgan fingerprint density at radius 2 is 2.17 bits per heavy atom. The first-order valence-electron chi connectivity index (χ1n) is 3.37. The molecule has 0 fully saturated rings. The summed E-state index contributed by atoms with van der Waals surface area (Å²) in [4.78, 5) is 11.1. The van der Waals surface area contributed by atoms with Crippen LogP contribution in [0.4, 0.5) is 0 Å². The number of rotatable bonds is 0. The first-order chi connectivity index (χ1) is 5.77. The summed E-state index contributed by atoms with van der Waals surface area (Å²) in [7, 11) is 0. The molecule has 1 aliphatic rings. The van der Waals surface area contributed by atoms with Crippen LogP contribution in [0.5, 0.6) is 5.75 Å². The maximum Gasteiger partial charge on any atom is 0.344 e. The second-order valence-corrected chi connectivity index (χ2v) is 2.77. The van der Waals surface area contributed by atoms with Crippen molar-refractivity contribution >= 4 is 17.6 Å². The predicted molar refractivity (Wildman–Crippen MR) is 42.4 cm³/mol. The molecule has 1 aliphatic heterocycles. The molecule has 0 aromatic heterocycles. The van der Waals surface area contributed by atoms with E-state index in [9.17, 15) is 4.79 Å². The van der Waals surface area contributed by atoms with Crippen LogP contribution in [0.2, 0.25) is 5.02 Å². The first-order valence-corrected chi connectivity index (χ1v) is 3.74. The summed E-state index contributed by atoms with van der Waals surface area (Å²) in [6, 6.07) is 4.80. The van der Waals surface area contributed by atoms with E-state index in [1.807, 2.05) is 0 Å². The van der Waals surface area contributed by atoms with Gasteiger partial charge in [0.15, 0.2) is 0 Å². The van der Waals surface area contributed by atoms with E-state index in [1.54, 1.807) is 18.2 Å². The topological polar surface area (TPSA) is 35.5 Å². The fraction of sp³-hybridized carbons (Fsp3) is 0.125. The van der Waals surface area contributed by atoms with Gasteiger partial charge in [-0.2, -0.15) is 0 Å². The lowest BCUT2D eigenvalue weighted by molar-refractivity contribution is 0.00493. The second-order valence-electron chi connectivity index (χ2n) is 2.33. The number of fused-ring (bicyclic) bond motifs is 1. The molecule has 0 aliphatic carbocycles. The largest absolute Gasteiger partial charge is 0.456 e. The van der Waals surface area contributed by atoms with Gasteiger partial charge in [0.2, 0.25) is 6.79 Å². The molecule has 0 unspecified atom stereocenters. The number of hydrogen-bond donors (Lipinski definition) is 0. The Kier molecular flexibility index (Phi) is 1.66. The van der Waals surface area contributed by atoms with E-state index < -0.39 is 0 Å². The highest BCUT2D eigenvalue weighted by Crippen LogP contribution is 2.26. The van der Waals surface area contributed by atoms with E-state index in [1.165, 1.54) is 0 Å². The number of carbonyl (C=O) groups excluding carboxylic acids is 1. The molecule has 0 N–H and O–H groups in total. The molecule has 3 nitrogen and oxygen atoms in total. The van der Waals surface area contributed by atoms with Crippen molar-refractivity contribution in [3.8, 4) is 5.75 Å². The summed E-state index contributed by atoms with van der Waals surface area (Å²) < 4.78 is 9.69. The minimum atomic E-state index is -0.368. The van der Waals surface area contributed by atoms with Crippen molar-refractivity contribution in [3.05, 3.63) is 28.8 Å². The van der Waals surface area contributed by atoms with Gasteiger partial charge in [-0.05, 0) is 18.2 Å². The molecule has 2 rings (SSSR count). The Balaban J connectivity index is 2.53. The highest BCUT2D eigenvalue weighted by Gasteiger charge is 2.19. The van der Waals surface area contributed by atoms with Crippen molar-refractivity contribution < 1.29 is 14.3 Å². The standard InChI is InChI=1S/C8H5ClO3/c9-5-1-2-6-7(3-5)11-4-12-8(6)10/h1-3H,4H2. The van der Waals surface area contributed by atoms with Crippen LogP contribution in [0.3, 0.4) is 0 Å². The summed E-state index contributed by atoms with van der Waals surface area (Å²) in [6.45, 7) is -0.0355. The number of benzene rings is 1. The first kappa shape index (κ1) is 7.43. The van der Waals surface area contributed by atoms with Gasteiger partial charge in [-0.1, -0.05) is 11.6 Å². The molecule has 0 radical (unpaired) electrons. The molecule has 1 aromatic rings. The summed E-state index contributed by atoms with van der Waals surface area (Å²) in [5.41, 5.74) is 0.422. The summed E-state index contributed by atoms with van der Waals surface area (Å²) >= 11 is 5.69. The zero-order valence-corrected chi connectivity index (χ0v) is 6.80. The Bertz CT molecular complexity index is 335. The minimum absolute atomic E-state index is 0.0355. The third kappa shape index (κ3) is 1.12. The zero-order chi connectivity index (χ0) is 8.55. The number of cyclic esters (lactones) is 1. The smallest absolute Gasteiger partial charge is 0.344 e. The lowest BCUT2D eigenvalue weighted by atomic mass is 10.2. The fourth-order valence-corrected chi connectivity index (χ4v) is 1.17. The molecule has 12 heavy (non-hydrogen) atoms. The Morgan fingerprint density at radius 3 is 3.00 bits per heavy atom. The van der Waals surface area contributed by atoms with Crippen molar-refractivity contribution in [2.45, 2.75) is 0 Å². The van der Waals surface area contributed by atoms with Crippen molar-refractivity contribution in [2.75, 3.05) is 6.79 Å². The lowest BCUT2D eigenvalue weighted by Gasteiger charge is -2.16. The number of ether oxygens (including phenoxy) is 2. The molecule has 4 heteroatoms. The van der Waals surface area contributed by atoms with Gasteiger partial charge in [0, 0.05) is 5.02 Å². The summed E-state index contributed by atoms with van der Waals surface area (Å²) in [5.74, 6) is 0.117. The van der Waals surface area contributed by atoms with Crippen molar-refractivity contribution in [2.24, 2.45) is 0 Å². The average molecular weight is 185 g/mol. The normalized spacial score (nSPS) is 14.6. The van der Waals surface area contributed by atoms with Gasteiger partial charge in [-0.3, -0.25) is 0 Å². The highest BCUT2D eigenvalue weighted by molar-refractivity contribution is 6.30. The maximum atomic E-state index is 11.1. The quantitative estimate of drug-likeness (QED) is 0.578. The van der Waals surface area contributed by atoms with Crippen molar-refractivity contribution in [1.29, 1.82) is 0 Å². The molecule has 62 valence electrons. The van der Waals surface area contributed by atoms with E-state index in [0.29, 0.717) is 16.3 Å². The van der Waals surface area contributed by atoms with Crippen LogP contribution < -0.4 is 4.74 Å². The van der Waals surface area contributed by atoms with Crippen LogP contribution in [0, 0.1) is 0 Å². The SMILES string of the molecule is O=C1OCOc2cc(Cl)ccc21. The third-order valence-electron chi connectivity index (χ3n) is 1.57. The number of halogens is 1. The van der Waals surface area contributed by atoms with Gasteiger partial charge in [-0.15, -0.1) is 0 Å². The van der Waals surface area contributed by atoms with E-state index in [0.717, 1.165) is 0 Å². The number of hydrogen-bond acceptors (Lipinski definition) is 3. The van der Waals surface area contributed by atoms with Crippen LogP contribution >= 0.6 is 11.6 Å². The van der Waals surface area contributed by atoms with Gasteiger partial charge in [0.05, 0.1) is 0 Å². The van der Waals surface area contributed by atoms with Gasteiger partial charge >= 0.3 is 5.97 Å². The number of esters is 1. The van der Waals surface area contributed by atoms with Gasteiger partial charge in [0.1, 0.15) is 11.3 Å². The lowest BCUT2D eigenvalue weighted by Crippen LogP contribution is -2.18. The van der Waals surface area contributed by atoms with Crippen molar-refractivity contribution in [3.63, 3.8) is 0 Å². The summed E-state index contributed by atoms with van der Waals surface area (Å²) in [5, 5.41) is 0.545. The Morgan fingerprint density at radius 1 is 1.33 bits per heavy atom. The predicted octanol–water partition coefficient (Wildman–Crippen LogP) is 1.85. The minimum Gasteiger partial charge on any atom is -0.456 e. The average Bonchev–Trinajstić information content (AvgIpc) is 2.04. The van der Waals surface area contributed by atoms with Crippen LogP contribution in [-0.4, -0.2) is 12.8 Å². The Hall–Kier alpha value is -1.22. The Labute approximate surface area is 73.8 Å². The molecule has 1 aromatic carbocycles. The molecular formula is C8H5ClO3. The molecule has 0 saturated carbocycles. The molecule has 0 amide bonds. The molecule has 0 saturated heterocycles. The second kappa shape index (κ2) is 2.68. The summed E-state index contributed by atoms with van der Waals surface area (Å²) in [6.07, 6.45) is 0. The van der Waals surface area contributed by atoms with E-state index in [4.69, 9.17) is 16.3 Å². The van der Waals surface area contributed by atoms with E-state index in [2.05, 4.69) is 4.74 Å². The van der Waals surface area contributed by atoms with Gasteiger partial charge < -0.3 is 9.47 Å². The van der Waals surface area contributed by atoms with Gasteiger partial charge in [0.25, 0.3) is 0 Å². The molecule has 0 bridgehead atoms. The molecule has 0 spiro atoms. The fourth-order valence-electron chi connectivity index (χ4n) is 1.01. The van der Waals surface area contributed by atoms with Crippen molar-refractivity contribution in [1.82, 2.24) is 0 Å². The van der Waals surface area contributed by atoms with E-state index >= 15 is 0 Å². The highest BCUT2D eigenvalue weighted by atomic mass is 35.5.